The van der Waals surface area contributed by atoms with E-state index in [4.69, 9.17) is 4.74 Å². The van der Waals surface area contributed by atoms with Gasteiger partial charge in [-0.1, -0.05) is 19.1 Å². The second-order valence-electron chi connectivity index (χ2n) is 4.52. The lowest BCUT2D eigenvalue weighted by molar-refractivity contribution is 0.0429. The van der Waals surface area contributed by atoms with Crippen LogP contribution in [0, 0.1) is 0 Å². The molecular weight excluding hydrogens is 206 g/mol. The Morgan fingerprint density at radius 2 is 2.25 bits per heavy atom. The fourth-order valence-corrected chi connectivity index (χ4v) is 2.02. The first-order chi connectivity index (χ1) is 7.51. The van der Waals surface area contributed by atoms with E-state index >= 15 is 0 Å². The Hall–Kier alpha value is -1.71. The summed E-state index contributed by atoms with van der Waals surface area (Å²) in [5.41, 5.74) is 0.716. The number of hydrogen-bond donors (Lipinski definition) is 1. The third-order valence-electron chi connectivity index (χ3n) is 2.96. The molecule has 0 radical (unpaired) electrons. The van der Waals surface area contributed by atoms with Crippen molar-refractivity contribution in [3.63, 3.8) is 0 Å². The van der Waals surface area contributed by atoms with Crippen molar-refractivity contribution < 1.29 is 14.6 Å². The largest absolute Gasteiger partial charge is 0.508 e. The van der Waals surface area contributed by atoms with Crippen LogP contribution < -0.4 is 0 Å². The van der Waals surface area contributed by atoms with Gasteiger partial charge in [-0.05, 0) is 17.7 Å². The van der Waals surface area contributed by atoms with E-state index in [2.05, 4.69) is 0 Å². The van der Waals surface area contributed by atoms with Gasteiger partial charge in [-0.2, -0.15) is 0 Å². The van der Waals surface area contributed by atoms with Crippen molar-refractivity contribution in [1.29, 1.82) is 0 Å². The van der Waals surface area contributed by atoms with Crippen molar-refractivity contribution in [2.24, 2.45) is 0 Å². The highest BCUT2D eigenvalue weighted by Crippen LogP contribution is 2.30. The van der Waals surface area contributed by atoms with Crippen LogP contribution in [0.4, 0.5) is 4.79 Å². The first-order valence-electron chi connectivity index (χ1n) is 5.19. The standard InChI is InChI=1S/C12H15NO3/c1-12(7-13(2)11(15)16-8-12)9-4-3-5-10(14)6-9/h3-6,14H,7-8H2,1-2H3. The number of ether oxygens (including phenoxy) is 1. The molecule has 0 bridgehead atoms. The van der Waals surface area contributed by atoms with Crippen LogP contribution in [0.2, 0.25) is 0 Å². The summed E-state index contributed by atoms with van der Waals surface area (Å²) < 4.78 is 5.11. The molecule has 1 amide bonds. The number of likely N-dealkylation sites (N-methyl/N-ethyl adjacent to an activating group) is 1. The topological polar surface area (TPSA) is 49.8 Å². The second-order valence-corrected chi connectivity index (χ2v) is 4.52. The maximum absolute atomic E-state index is 11.2. The van der Waals surface area contributed by atoms with Gasteiger partial charge in [-0.3, -0.25) is 0 Å². The smallest absolute Gasteiger partial charge is 0.409 e. The molecular formula is C12H15NO3. The van der Waals surface area contributed by atoms with E-state index < -0.39 is 0 Å². The van der Waals surface area contributed by atoms with E-state index in [1.165, 1.54) is 0 Å². The predicted octanol–water partition coefficient (Wildman–Crippen LogP) is 1.73. The van der Waals surface area contributed by atoms with Gasteiger partial charge >= 0.3 is 6.09 Å². The molecule has 0 spiro atoms. The molecule has 1 atom stereocenters. The Labute approximate surface area is 94.4 Å². The van der Waals surface area contributed by atoms with E-state index in [9.17, 15) is 9.90 Å². The normalized spacial score (nSPS) is 25.4. The third-order valence-corrected chi connectivity index (χ3v) is 2.96. The fraction of sp³-hybridized carbons (Fsp3) is 0.417. The number of cyclic esters (lactones) is 1. The van der Waals surface area contributed by atoms with Crippen LogP contribution in [-0.2, 0) is 10.2 Å². The van der Waals surface area contributed by atoms with Gasteiger partial charge in [0, 0.05) is 19.0 Å². The lowest BCUT2D eigenvalue weighted by Gasteiger charge is -2.38. The summed E-state index contributed by atoms with van der Waals surface area (Å²) in [6, 6.07) is 7.08. The Kier molecular flexibility index (Phi) is 2.50. The van der Waals surface area contributed by atoms with Crippen LogP contribution in [0.1, 0.15) is 12.5 Å². The van der Waals surface area contributed by atoms with Crippen LogP contribution in [0.15, 0.2) is 24.3 Å². The molecule has 0 saturated carbocycles. The molecule has 1 aromatic carbocycles. The Bertz CT molecular complexity index is 418. The molecule has 2 rings (SSSR count). The second kappa shape index (κ2) is 3.70. The summed E-state index contributed by atoms with van der Waals surface area (Å²) in [6.45, 7) is 2.96. The van der Waals surface area contributed by atoms with Crippen molar-refractivity contribution in [1.82, 2.24) is 4.90 Å². The van der Waals surface area contributed by atoms with E-state index in [0.717, 1.165) is 5.56 Å². The van der Waals surface area contributed by atoms with Gasteiger partial charge < -0.3 is 14.7 Å². The maximum Gasteiger partial charge on any atom is 0.409 e. The van der Waals surface area contributed by atoms with E-state index in [-0.39, 0.29) is 17.3 Å². The van der Waals surface area contributed by atoms with Crippen LogP contribution in [0.3, 0.4) is 0 Å². The zero-order valence-electron chi connectivity index (χ0n) is 9.43. The van der Waals surface area contributed by atoms with Gasteiger partial charge in [-0.25, -0.2) is 4.79 Å². The molecule has 0 aromatic heterocycles. The summed E-state index contributed by atoms with van der Waals surface area (Å²) in [5, 5.41) is 9.45. The number of carbonyl (C=O) groups is 1. The summed E-state index contributed by atoms with van der Waals surface area (Å²) in [4.78, 5) is 12.8. The van der Waals surface area contributed by atoms with Crippen LogP contribution in [0.5, 0.6) is 5.75 Å². The minimum absolute atomic E-state index is 0.235. The molecule has 16 heavy (non-hydrogen) atoms. The van der Waals surface area contributed by atoms with E-state index in [1.54, 1.807) is 30.1 Å². The molecule has 1 saturated heterocycles. The van der Waals surface area contributed by atoms with Gasteiger partial charge in [-0.15, -0.1) is 0 Å². The predicted molar refractivity (Wildman–Crippen MR) is 59.4 cm³/mol. The number of rotatable bonds is 1. The number of carbonyl (C=O) groups excluding carboxylic acids is 1. The van der Waals surface area contributed by atoms with Gasteiger partial charge in [0.05, 0.1) is 0 Å². The van der Waals surface area contributed by atoms with Crippen LogP contribution >= 0.6 is 0 Å². The summed E-state index contributed by atoms with van der Waals surface area (Å²) in [7, 11) is 1.71. The summed E-state index contributed by atoms with van der Waals surface area (Å²) in [6.07, 6.45) is -0.294. The van der Waals surface area contributed by atoms with Gasteiger partial charge in [0.2, 0.25) is 0 Å². The van der Waals surface area contributed by atoms with Crippen LogP contribution in [-0.4, -0.2) is 36.3 Å². The first kappa shape index (κ1) is 10.8. The lowest BCUT2D eigenvalue weighted by Crippen LogP contribution is -2.49. The number of phenols is 1. The highest BCUT2D eigenvalue weighted by atomic mass is 16.6. The van der Waals surface area contributed by atoms with Crippen molar-refractivity contribution in [3.05, 3.63) is 29.8 Å². The number of benzene rings is 1. The Balaban J connectivity index is 2.29. The molecule has 4 heteroatoms. The van der Waals surface area contributed by atoms with Gasteiger partial charge in [0.15, 0.2) is 0 Å². The number of amides is 1. The first-order valence-corrected chi connectivity index (χ1v) is 5.19. The summed E-state index contributed by atoms with van der Waals surface area (Å²) in [5.74, 6) is 0.235. The molecule has 0 aliphatic carbocycles. The lowest BCUT2D eigenvalue weighted by atomic mass is 9.82. The molecule has 1 unspecified atom stereocenters. The zero-order valence-corrected chi connectivity index (χ0v) is 9.43. The van der Waals surface area contributed by atoms with Crippen molar-refractivity contribution >= 4 is 6.09 Å². The molecule has 4 nitrogen and oxygen atoms in total. The average molecular weight is 221 g/mol. The Morgan fingerprint density at radius 1 is 1.50 bits per heavy atom. The molecule has 1 aliphatic rings. The van der Waals surface area contributed by atoms with Gasteiger partial charge in [0.25, 0.3) is 0 Å². The highest BCUT2D eigenvalue weighted by molar-refractivity contribution is 5.68. The van der Waals surface area contributed by atoms with E-state index in [1.807, 2.05) is 13.0 Å². The average Bonchev–Trinajstić information content (AvgIpc) is 2.24. The number of phenolic OH excluding ortho intramolecular Hbond substituents is 1. The molecule has 86 valence electrons. The van der Waals surface area contributed by atoms with Crippen LogP contribution in [0.25, 0.3) is 0 Å². The SMILES string of the molecule is CN1CC(C)(c2cccc(O)c2)COC1=O. The summed E-state index contributed by atoms with van der Waals surface area (Å²) >= 11 is 0. The maximum atomic E-state index is 11.2. The molecule has 1 N–H and O–H groups in total. The Morgan fingerprint density at radius 3 is 2.88 bits per heavy atom. The van der Waals surface area contributed by atoms with E-state index in [0.29, 0.717) is 13.2 Å². The fourth-order valence-electron chi connectivity index (χ4n) is 2.02. The van der Waals surface area contributed by atoms with Gasteiger partial charge in [0.1, 0.15) is 12.4 Å². The monoisotopic (exact) mass is 221 g/mol. The van der Waals surface area contributed by atoms with Crippen molar-refractivity contribution in [2.75, 3.05) is 20.2 Å². The van der Waals surface area contributed by atoms with Crippen molar-refractivity contribution in [2.45, 2.75) is 12.3 Å². The minimum atomic E-state index is -0.294. The van der Waals surface area contributed by atoms with Crippen molar-refractivity contribution in [3.8, 4) is 5.75 Å². The number of aromatic hydroxyl groups is 1. The zero-order chi connectivity index (χ0) is 11.8. The molecule has 1 aliphatic heterocycles. The minimum Gasteiger partial charge on any atom is -0.508 e. The highest BCUT2D eigenvalue weighted by Gasteiger charge is 2.36. The number of nitrogens with zero attached hydrogens (tertiary/aromatic N) is 1. The number of hydrogen-bond acceptors (Lipinski definition) is 3. The third kappa shape index (κ3) is 1.83. The molecule has 1 fully saturated rings. The quantitative estimate of drug-likeness (QED) is 0.785. The molecule has 1 heterocycles. The molecule has 1 aromatic rings.